The number of carbonyl (C=O) groups is 2. The maximum absolute atomic E-state index is 11.6. The van der Waals surface area contributed by atoms with Gasteiger partial charge in [0.05, 0.1) is 6.21 Å². The zero-order chi connectivity index (χ0) is 15.9. The molecular weight excluding hydrogens is 278 g/mol. The quantitative estimate of drug-likeness (QED) is 0.504. The molecule has 0 saturated carbocycles. The molecule has 0 radical (unpaired) electrons. The molecule has 0 aliphatic rings. The molecule has 114 valence electrons. The predicted molar refractivity (Wildman–Crippen MR) is 87.6 cm³/mol. The normalized spacial score (nSPS) is 11.0. The van der Waals surface area contributed by atoms with Gasteiger partial charge in [-0.3, -0.25) is 9.59 Å². The van der Waals surface area contributed by atoms with Gasteiger partial charge in [-0.25, -0.2) is 5.43 Å². The maximum Gasteiger partial charge on any atom is 0.249 e. The average molecular weight is 297 g/mol. The Bertz CT molecular complexity index is 703. The first kappa shape index (κ1) is 15.7. The third-order valence-electron chi connectivity index (χ3n) is 2.99. The summed E-state index contributed by atoms with van der Waals surface area (Å²) in [6.07, 6.45) is 1.35. The molecular formula is C17H19N3O2. The van der Waals surface area contributed by atoms with Crippen LogP contribution in [0.15, 0.2) is 47.6 Å². The fraction of sp³-hybridized carbons (Fsp3) is 0.235. The van der Waals surface area contributed by atoms with Crippen molar-refractivity contribution in [2.75, 3.05) is 0 Å². The van der Waals surface area contributed by atoms with Crippen LogP contribution in [-0.2, 0) is 9.59 Å². The lowest BCUT2D eigenvalue weighted by molar-refractivity contribution is -0.129. The fourth-order valence-corrected chi connectivity index (χ4v) is 2.10. The Morgan fingerprint density at radius 1 is 1.09 bits per heavy atom. The van der Waals surface area contributed by atoms with Crippen molar-refractivity contribution in [3.8, 4) is 0 Å². The largest absolute Gasteiger partial charge is 0.353 e. The lowest BCUT2D eigenvalue weighted by Crippen LogP contribution is -2.34. The number of hydrogen-bond acceptors (Lipinski definition) is 3. The van der Waals surface area contributed by atoms with E-state index in [1.807, 2.05) is 56.3 Å². The van der Waals surface area contributed by atoms with Crippen LogP contribution < -0.4 is 10.7 Å². The maximum atomic E-state index is 11.6. The van der Waals surface area contributed by atoms with Crippen LogP contribution in [-0.4, -0.2) is 24.1 Å². The van der Waals surface area contributed by atoms with Gasteiger partial charge in [-0.05, 0) is 24.6 Å². The predicted octanol–water partition coefficient (Wildman–Crippen LogP) is 2.20. The molecule has 2 N–H and O–H groups in total. The molecule has 5 heteroatoms. The van der Waals surface area contributed by atoms with E-state index in [4.69, 9.17) is 0 Å². The number of nitrogens with one attached hydrogen (secondary N) is 2. The lowest BCUT2D eigenvalue weighted by Gasteiger charge is -2.07. The topological polar surface area (TPSA) is 70.6 Å². The monoisotopic (exact) mass is 297 g/mol. The zero-order valence-electron chi connectivity index (χ0n) is 12.7. The van der Waals surface area contributed by atoms with Gasteiger partial charge in [0.2, 0.25) is 11.8 Å². The third-order valence-corrected chi connectivity index (χ3v) is 2.99. The zero-order valence-corrected chi connectivity index (χ0v) is 12.7. The summed E-state index contributed by atoms with van der Waals surface area (Å²) in [5, 5.41) is 8.74. The number of amides is 2. The molecule has 5 nitrogen and oxygen atoms in total. The SMILES string of the molecule is CC(C)NC(=O)CC(=O)N/N=C\c1cccc2ccccc12. The molecule has 0 aliphatic carbocycles. The van der Waals surface area contributed by atoms with Gasteiger partial charge in [0.1, 0.15) is 6.42 Å². The number of rotatable bonds is 5. The Hall–Kier alpha value is -2.69. The second-order valence-corrected chi connectivity index (χ2v) is 5.26. The fourth-order valence-electron chi connectivity index (χ4n) is 2.10. The first-order chi connectivity index (χ1) is 10.6. The summed E-state index contributed by atoms with van der Waals surface area (Å²) >= 11 is 0. The van der Waals surface area contributed by atoms with E-state index >= 15 is 0 Å². The van der Waals surface area contributed by atoms with Crippen LogP contribution >= 0.6 is 0 Å². The van der Waals surface area contributed by atoms with Crippen LogP contribution in [0.4, 0.5) is 0 Å². The van der Waals surface area contributed by atoms with Gasteiger partial charge in [0.15, 0.2) is 0 Å². The highest BCUT2D eigenvalue weighted by Gasteiger charge is 2.09. The van der Waals surface area contributed by atoms with Gasteiger partial charge in [-0.1, -0.05) is 42.5 Å². The summed E-state index contributed by atoms with van der Waals surface area (Å²) in [6.45, 7) is 3.68. The number of hydrogen-bond donors (Lipinski definition) is 2. The minimum absolute atomic E-state index is 0.0134. The van der Waals surface area contributed by atoms with E-state index in [9.17, 15) is 9.59 Å². The molecule has 0 spiro atoms. The molecule has 2 amide bonds. The Balaban J connectivity index is 1.97. The highest BCUT2D eigenvalue weighted by atomic mass is 16.2. The van der Waals surface area contributed by atoms with Crippen molar-refractivity contribution in [1.29, 1.82) is 0 Å². The highest BCUT2D eigenvalue weighted by molar-refractivity contribution is 6.01. The van der Waals surface area contributed by atoms with Crippen LogP contribution in [0, 0.1) is 0 Å². The van der Waals surface area contributed by atoms with Gasteiger partial charge < -0.3 is 5.32 Å². The van der Waals surface area contributed by atoms with Crippen molar-refractivity contribution >= 4 is 28.8 Å². The molecule has 2 rings (SSSR count). The van der Waals surface area contributed by atoms with E-state index < -0.39 is 5.91 Å². The van der Waals surface area contributed by atoms with E-state index in [2.05, 4.69) is 15.8 Å². The van der Waals surface area contributed by atoms with Crippen LogP contribution in [0.3, 0.4) is 0 Å². The highest BCUT2D eigenvalue weighted by Crippen LogP contribution is 2.16. The van der Waals surface area contributed by atoms with E-state index in [-0.39, 0.29) is 18.4 Å². The van der Waals surface area contributed by atoms with Gasteiger partial charge in [0, 0.05) is 11.6 Å². The first-order valence-electron chi connectivity index (χ1n) is 7.15. The molecule has 0 bridgehead atoms. The molecule has 22 heavy (non-hydrogen) atoms. The van der Waals surface area contributed by atoms with Crippen molar-refractivity contribution < 1.29 is 9.59 Å². The summed E-state index contributed by atoms with van der Waals surface area (Å²) in [4.78, 5) is 23.1. The standard InChI is InChI=1S/C17H19N3O2/c1-12(2)19-16(21)10-17(22)20-18-11-14-8-5-7-13-6-3-4-9-15(13)14/h3-9,11-12H,10H2,1-2H3,(H,19,21)(H,20,22)/b18-11-. The molecule has 0 saturated heterocycles. The molecule has 0 atom stereocenters. The number of carbonyl (C=O) groups excluding carboxylic acids is 2. The molecule has 0 aliphatic heterocycles. The first-order valence-corrected chi connectivity index (χ1v) is 7.15. The van der Waals surface area contributed by atoms with Crippen molar-refractivity contribution in [2.24, 2.45) is 5.10 Å². The van der Waals surface area contributed by atoms with Crippen molar-refractivity contribution in [1.82, 2.24) is 10.7 Å². The summed E-state index contributed by atoms with van der Waals surface area (Å²) in [5.74, 6) is -0.748. The Labute approximate surface area is 129 Å². The van der Waals surface area contributed by atoms with Crippen LogP contribution in [0.5, 0.6) is 0 Å². The third kappa shape index (κ3) is 4.41. The van der Waals surface area contributed by atoms with E-state index in [1.54, 1.807) is 6.21 Å². The Kier molecular flexibility index (Phi) is 5.25. The number of benzene rings is 2. The van der Waals surface area contributed by atoms with Crippen molar-refractivity contribution in [3.05, 3.63) is 48.0 Å². The van der Waals surface area contributed by atoms with E-state index in [0.29, 0.717) is 0 Å². The van der Waals surface area contributed by atoms with Gasteiger partial charge in [-0.15, -0.1) is 0 Å². The Morgan fingerprint density at radius 2 is 1.82 bits per heavy atom. The van der Waals surface area contributed by atoms with Crippen molar-refractivity contribution in [3.63, 3.8) is 0 Å². The van der Waals surface area contributed by atoms with Crippen LogP contribution in [0.25, 0.3) is 10.8 Å². The molecule has 2 aromatic rings. The van der Waals surface area contributed by atoms with Gasteiger partial charge >= 0.3 is 0 Å². The van der Waals surface area contributed by atoms with Crippen LogP contribution in [0.2, 0.25) is 0 Å². The smallest absolute Gasteiger partial charge is 0.249 e. The molecule has 0 unspecified atom stereocenters. The van der Waals surface area contributed by atoms with E-state index in [1.165, 1.54) is 0 Å². The summed E-state index contributed by atoms with van der Waals surface area (Å²) in [5.41, 5.74) is 3.28. The number of nitrogens with zero attached hydrogens (tertiary/aromatic N) is 1. The molecule has 0 heterocycles. The van der Waals surface area contributed by atoms with E-state index in [0.717, 1.165) is 16.3 Å². The molecule has 0 fully saturated rings. The van der Waals surface area contributed by atoms with Crippen molar-refractivity contribution in [2.45, 2.75) is 26.3 Å². The minimum atomic E-state index is -0.436. The Morgan fingerprint density at radius 3 is 2.59 bits per heavy atom. The second kappa shape index (κ2) is 7.36. The van der Waals surface area contributed by atoms with Gasteiger partial charge in [0.25, 0.3) is 0 Å². The summed E-state index contributed by atoms with van der Waals surface area (Å²) < 4.78 is 0. The van der Waals surface area contributed by atoms with Gasteiger partial charge in [-0.2, -0.15) is 5.10 Å². The molecule has 0 aromatic heterocycles. The average Bonchev–Trinajstić information content (AvgIpc) is 2.46. The number of hydrazone groups is 1. The second-order valence-electron chi connectivity index (χ2n) is 5.26. The summed E-state index contributed by atoms with van der Waals surface area (Å²) in [7, 11) is 0. The molecule has 2 aromatic carbocycles. The number of fused-ring (bicyclic) bond motifs is 1. The minimum Gasteiger partial charge on any atom is -0.353 e. The summed E-state index contributed by atoms with van der Waals surface area (Å²) in [6, 6.07) is 13.8. The lowest BCUT2D eigenvalue weighted by atomic mass is 10.1. The van der Waals surface area contributed by atoms with Crippen LogP contribution in [0.1, 0.15) is 25.8 Å².